The first-order valence-corrected chi connectivity index (χ1v) is 6.57. The van der Waals surface area contributed by atoms with Crippen LogP contribution in [0.4, 0.5) is 17.3 Å². The monoisotopic (exact) mass is 270 g/mol. The van der Waals surface area contributed by atoms with Crippen LogP contribution in [0.1, 0.15) is 39.5 Å². The van der Waals surface area contributed by atoms with Crippen molar-refractivity contribution in [1.29, 1.82) is 0 Å². The second-order valence-electron chi connectivity index (χ2n) is 4.39. The molecule has 1 aliphatic heterocycles. The van der Waals surface area contributed by atoms with Crippen molar-refractivity contribution in [3.05, 3.63) is 0 Å². The van der Waals surface area contributed by atoms with Crippen molar-refractivity contribution < 1.29 is 21.8 Å². The van der Waals surface area contributed by atoms with Crippen molar-refractivity contribution in [1.82, 2.24) is 4.90 Å². The van der Waals surface area contributed by atoms with Crippen molar-refractivity contribution in [3.8, 4) is 0 Å². The number of hydrogen-bond donors (Lipinski definition) is 0. The molecule has 18 heavy (non-hydrogen) atoms. The first-order valence-electron chi connectivity index (χ1n) is 6.57. The number of nitrogens with zero attached hydrogens (tertiary/aromatic N) is 2. The standard InChI is InChI=1S/C11H23N2.BF4/c1-3-5-7-12-9-10-13(11-12)8-6-4-2;2-1(3,4)5/h11H,3-10H2,1-2H3;/q+1;-1. The Labute approximate surface area is 107 Å². The second kappa shape index (κ2) is 9.22. The number of rotatable bonds is 6. The third-order valence-corrected chi connectivity index (χ3v) is 2.60. The summed E-state index contributed by atoms with van der Waals surface area (Å²) in [6.07, 6.45) is 7.60. The minimum absolute atomic E-state index is 1.24. The van der Waals surface area contributed by atoms with Crippen LogP contribution in [0.25, 0.3) is 0 Å². The molecule has 0 amide bonds. The summed E-state index contributed by atoms with van der Waals surface area (Å²) in [6, 6.07) is 0. The van der Waals surface area contributed by atoms with Gasteiger partial charge in [-0.3, -0.25) is 9.48 Å². The maximum absolute atomic E-state index is 9.75. The molecule has 0 radical (unpaired) electrons. The van der Waals surface area contributed by atoms with Gasteiger partial charge in [0.25, 0.3) is 0 Å². The summed E-state index contributed by atoms with van der Waals surface area (Å²) in [5.74, 6) is 0. The molecule has 0 aromatic rings. The zero-order valence-electron chi connectivity index (χ0n) is 11.2. The SMILES string of the molecule is CCCCN1C=[N+](CCCC)CC1.F[B-](F)(F)F. The first-order chi connectivity index (χ1) is 8.36. The van der Waals surface area contributed by atoms with Gasteiger partial charge in [0.15, 0.2) is 0 Å². The lowest BCUT2D eigenvalue weighted by Gasteiger charge is -2.03. The Balaban J connectivity index is 0.000000494. The van der Waals surface area contributed by atoms with Crippen LogP contribution in [-0.4, -0.2) is 49.2 Å². The molecule has 108 valence electrons. The van der Waals surface area contributed by atoms with E-state index in [1.165, 1.54) is 51.9 Å². The smallest absolute Gasteiger partial charge is 0.418 e. The number of unbranched alkanes of at least 4 members (excludes halogenated alkanes) is 2. The minimum atomic E-state index is -6.00. The maximum Gasteiger partial charge on any atom is 0.673 e. The Hall–Kier alpha value is -0.745. The van der Waals surface area contributed by atoms with Crippen molar-refractivity contribution >= 4 is 13.6 Å². The molecular weight excluding hydrogens is 247 g/mol. The van der Waals surface area contributed by atoms with Crippen LogP contribution in [0.5, 0.6) is 0 Å². The molecule has 2 nitrogen and oxygen atoms in total. The third-order valence-electron chi connectivity index (χ3n) is 2.60. The quantitative estimate of drug-likeness (QED) is 0.408. The molecule has 0 atom stereocenters. The molecule has 1 aliphatic rings. The largest absolute Gasteiger partial charge is 0.673 e. The molecule has 0 aromatic carbocycles. The van der Waals surface area contributed by atoms with Crippen molar-refractivity contribution in [2.24, 2.45) is 0 Å². The van der Waals surface area contributed by atoms with Gasteiger partial charge in [-0.2, -0.15) is 0 Å². The van der Waals surface area contributed by atoms with Gasteiger partial charge in [-0.15, -0.1) is 0 Å². The fourth-order valence-electron chi connectivity index (χ4n) is 1.66. The molecule has 7 heteroatoms. The minimum Gasteiger partial charge on any atom is -0.418 e. The molecule has 0 saturated heterocycles. The van der Waals surface area contributed by atoms with Crippen LogP contribution in [0.15, 0.2) is 0 Å². The van der Waals surface area contributed by atoms with E-state index in [0.717, 1.165) is 0 Å². The van der Waals surface area contributed by atoms with Crippen LogP contribution < -0.4 is 0 Å². The summed E-state index contributed by atoms with van der Waals surface area (Å²) < 4.78 is 41.5. The van der Waals surface area contributed by atoms with Crippen LogP contribution in [0, 0.1) is 0 Å². The topological polar surface area (TPSA) is 6.25 Å². The van der Waals surface area contributed by atoms with E-state index in [4.69, 9.17) is 0 Å². The van der Waals surface area contributed by atoms with Gasteiger partial charge < -0.3 is 17.3 Å². The predicted molar refractivity (Wildman–Crippen MR) is 67.6 cm³/mol. The summed E-state index contributed by atoms with van der Waals surface area (Å²) in [6.45, 7) is 9.49. The maximum atomic E-state index is 9.75. The Morgan fingerprint density at radius 1 is 1.11 bits per heavy atom. The van der Waals surface area contributed by atoms with E-state index in [1.54, 1.807) is 0 Å². The van der Waals surface area contributed by atoms with Gasteiger partial charge in [0.05, 0.1) is 13.1 Å². The van der Waals surface area contributed by atoms with E-state index < -0.39 is 7.25 Å². The van der Waals surface area contributed by atoms with Gasteiger partial charge >= 0.3 is 7.25 Å². The fourth-order valence-corrected chi connectivity index (χ4v) is 1.66. The van der Waals surface area contributed by atoms with E-state index in [-0.39, 0.29) is 0 Å². The molecule has 0 aromatic heterocycles. The van der Waals surface area contributed by atoms with Crippen LogP contribution in [0.2, 0.25) is 0 Å². The van der Waals surface area contributed by atoms with Crippen LogP contribution in [0.3, 0.4) is 0 Å². The Morgan fingerprint density at radius 3 is 2.17 bits per heavy atom. The molecule has 1 heterocycles. The van der Waals surface area contributed by atoms with Crippen LogP contribution in [-0.2, 0) is 0 Å². The molecule has 0 N–H and O–H groups in total. The highest BCUT2D eigenvalue weighted by atomic mass is 19.5. The van der Waals surface area contributed by atoms with Gasteiger partial charge in [-0.1, -0.05) is 26.7 Å². The molecule has 0 saturated carbocycles. The average molecular weight is 270 g/mol. The van der Waals surface area contributed by atoms with Crippen molar-refractivity contribution in [2.45, 2.75) is 39.5 Å². The first kappa shape index (κ1) is 17.3. The van der Waals surface area contributed by atoms with Gasteiger partial charge in [0, 0.05) is 0 Å². The molecular formula is C11H23BF4N2. The highest BCUT2D eigenvalue weighted by Crippen LogP contribution is 2.06. The molecule has 0 bridgehead atoms. The third kappa shape index (κ3) is 11.7. The summed E-state index contributed by atoms with van der Waals surface area (Å²) in [5.41, 5.74) is 0. The van der Waals surface area contributed by atoms with Gasteiger partial charge in [-0.05, 0) is 12.8 Å². The van der Waals surface area contributed by atoms with Gasteiger partial charge in [-0.25, -0.2) is 0 Å². The van der Waals surface area contributed by atoms with E-state index in [9.17, 15) is 17.3 Å². The Kier molecular flexibility index (Phi) is 8.84. The average Bonchev–Trinajstić information content (AvgIpc) is 2.69. The van der Waals surface area contributed by atoms with Crippen molar-refractivity contribution in [3.63, 3.8) is 0 Å². The predicted octanol–water partition coefficient (Wildman–Crippen LogP) is 3.24. The summed E-state index contributed by atoms with van der Waals surface area (Å²) in [7, 11) is -6.00. The lowest BCUT2D eigenvalue weighted by molar-refractivity contribution is -0.514. The van der Waals surface area contributed by atoms with Crippen molar-refractivity contribution in [2.75, 3.05) is 26.2 Å². The van der Waals surface area contributed by atoms with E-state index in [2.05, 4.69) is 29.7 Å². The molecule has 0 unspecified atom stereocenters. The van der Waals surface area contributed by atoms with E-state index in [0.29, 0.717) is 0 Å². The Bertz CT molecular complexity index is 238. The lowest BCUT2D eigenvalue weighted by Crippen LogP contribution is -2.20. The fraction of sp³-hybridized carbons (Fsp3) is 0.909. The summed E-state index contributed by atoms with van der Waals surface area (Å²) >= 11 is 0. The number of hydrogen-bond acceptors (Lipinski definition) is 1. The second-order valence-corrected chi connectivity index (χ2v) is 4.39. The molecule has 0 fully saturated rings. The van der Waals surface area contributed by atoms with E-state index >= 15 is 0 Å². The zero-order chi connectivity index (χ0) is 14.0. The molecule has 0 spiro atoms. The molecule has 0 aliphatic carbocycles. The highest BCUT2D eigenvalue weighted by molar-refractivity contribution is 6.50. The summed E-state index contributed by atoms with van der Waals surface area (Å²) in [4.78, 5) is 2.46. The van der Waals surface area contributed by atoms with Gasteiger partial charge in [0.1, 0.15) is 13.1 Å². The van der Waals surface area contributed by atoms with Crippen LogP contribution >= 0.6 is 0 Å². The molecule has 1 rings (SSSR count). The Morgan fingerprint density at radius 2 is 1.67 bits per heavy atom. The highest BCUT2D eigenvalue weighted by Gasteiger charge is 2.20. The zero-order valence-corrected chi connectivity index (χ0v) is 11.2. The number of halogens is 4. The lowest BCUT2D eigenvalue weighted by atomic mass is 10.3. The van der Waals surface area contributed by atoms with E-state index in [1.807, 2.05) is 0 Å². The summed E-state index contributed by atoms with van der Waals surface area (Å²) in [5, 5.41) is 0. The van der Waals surface area contributed by atoms with Gasteiger partial charge in [0.2, 0.25) is 6.34 Å². The normalized spacial score (nSPS) is 15.2.